The highest BCUT2D eigenvalue weighted by Gasteiger charge is 2.36. The summed E-state index contributed by atoms with van der Waals surface area (Å²) in [4.78, 5) is 32.4. The van der Waals surface area contributed by atoms with E-state index >= 15 is 0 Å². The number of rotatable bonds is 3. The Labute approximate surface area is 150 Å². The second-order valence-corrected chi connectivity index (χ2v) is 7.55. The van der Waals surface area contributed by atoms with E-state index in [1.54, 1.807) is 15.7 Å². The van der Waals surface area contributed by atoms with E-state index in [1.165, 1.54) is 6.20 Å². The summed E-state index contributed by atoms with van der Waals surface area (Å²) in [6.45, 7) is 7.43. The van der Waals surface area contributed by atoms with Crippen LogP contribution in [-0.4, -0.2) is 63.5 Å². The lowest BCUT2D eigenvalue weighted by Crippen LogP contribution is -2.52. The van der Waals surface area contributed by atoms with Crippen molar-refractivity contribution in [3.05, 3.63) is 16.3 Å². The highest BCUT2D eigenvalue weighted by molar-refractivity contribution is 5.69. The van der Waals surface area contributed by atoms with Gasteiger partial charge in [-0.1, -0.05) is 0 Å². The number of fused-ring (bicyclic) bond motifs is 1. The van der Waals surface area contributed by atoms with Crippen molar-refractivity contribution in [1.29, 1.82) is 0 Å². The lowest BCUT2D eigenvalue weighted by Gasteiger charge is -2.41. The van der Waals surface area contributed by atoms with Gasteiger partial charge in [-0.05, 0) is 38.0 Å². The van der Waals surface area contributed by atoms with Crippen molar-refractivity contribution in [2.45, 2.75) is 38.8 Å². The normalized spacial score (nSPS) is 20.4. The first-order valence-corrected chi connectivity index (χ1v) is 8.55. The Hall–Kier alpha value is -2.65. The molecule has 1 saturated heterocycles. The number of hydrogen-bond donors (Lipinski definition) is 0. The van der Waals surface area contributed by atoms with Crippen molar-refractivity contribution in [2.24, 2.45) is 10.9 Å². The highest BCUT2D eigenvalue weighted by Crippen LogP contribution is 2.31. The van der Waals surface area contributed by atoms with Crippen LogP contribution in [0.3, 0.4) is 0 Å². The Morgan fingerprint density at radius 1 is 1.46 bits per heavy atom. The zero-order valence-electron chi connectivity index (χ0n) is 15.1. The second kappa shape index (κ2) is 6.93. The molecule has 1 aromatic rings. The van der Waals surface area contributed by atoms with Gasteiger partial charge in [-0.15, -0.1) is 0 Å². The molecular weight excluding hydrogens is 342 g/mol. The van der Waals surface area contributed by atoms with Crippen molar-refractivity contribution < 1.29 is 19.2 Å². The first-order valence-electron chi connectivity index (χ1n) is 8.55. The molecule has 1 atom stereocenters. The van der Waals surface area contributed by atoms with Gasteiger partial charge in [-0.25, -0.2) is 4.79 Å². The van der Waals surface area contributed by atoms with Gasteiger partial charge in [0.05, 0.1) is 12.6 Å². The smallest absolute Gasteiger partial charge is 0.414 e. The van der Waals surface area contributed by atoms with Crippen molar-refractivity contribution in [2.75, 3.05) is 26.2 Å². The van der Waals surface area contributed by atoms with E-state index in [9.17, 15) is 14.9 Å². The summed E-state index contributed by atoms with van der Waals surface area (Å²) in [5.74, 6) is 0.0346. The largest absolute Gasteiger partial charge is 0.444 e. The summed E-state index contributed by atoms with van der Waals surface area (Å²) in [6, 6.07) is 0.129. The van der Waals surface area contributed by atoms with Gasteiger partial charge in [0, 0.05) is 24.3 Å². The molecule has 1 unspecified atom stereocenters. The number of aliphatic imine (C=N–C) groups is 1. The van der Waals surface area contributed by atoms with Gasteiger partial charge in [0.25, 0.3) is 0 Å². The number of aromatic nitrogens is 2. The quantitative estimate of drug-likeness (QED) is 0.598. The molecule has 1 fully saturated rings. The third kappa shape index (κ3) is 4.12. The fraction of sp³-hybridized carbons (Fsp3) is 0.688. The van der Waals surface area contributed by atoms with Crippen molar-refractivity contribution in [3.63, 3.8) is 0 Å². The Bertz CT molecular complexity index is 717. The Morgan fingerprint density at radius 3 is 2.85 bits per heavy atom. The fourth-order valence-electron chi connectivity index (χ4n) is 3.04. The molecule has 142 valence electrons. The molecule has 0 aliphatic carbocycles. The number of likely N-dealkylation sites (tertiary alicyclic amines) is 1. The van der Waals surface area contributed by atoms with Crippen LogP contribution in [0.2, 0.25) is 0 Å². The van der Waals surface area contributed by atoms with E-state index in [0.717, 1.165) is 6.42 Å². The average molecular weight is 365 g/mol. The van der Waals surface area contributed by atoms with Gasteiger partial charge < -0.3 is 24.5 Å². The molecule has 26 heavy (non-hydrogen) atoms. The van der Waals surface area contributed by atoms with Gasteiger partial charge >= 0.3 is 17.9 Å². The lowest BCUT2D eigenvalue weighted by atomic mass is 9.92. The minimum Gasteiger partial charge on any atom is -0.444 e. The van der Waals surface area contributed by atoms with E-state index in [1.807, 2.05) is 20.8 Å². The first-order chi connectivity index (χ1) is 12.2. The minimum absolute atomic E-state index is 0.103. The molecule has 10 nitrogen and oxygen atoms in total. The summed E-state index contributed by atoms with van der Waals surface area (Å²) >= 11 is 0. The Kier molecular flexibility index (Phi) is 4.84. The summed E-state index contributed by atoms with van der Waals surface area (Å²) in [5, 5.41) is 11.0. The molecule has 3 heterocycles. The van der Waals surface area contributed by atoms with Crippen LogP contribution in [0.25, 0.3) is 0 Å². The Morgan fingerprint density at radius 2 is 2.19 bits per heavy atom. The molecule has 0 radical (unpaired) electrons. The van der Waals surface area contributed by atoms with Gasteiger partial charge in [0.15, 0.2) is 0 Å². The van der Waals surface area contributed by atoms with E-state index in [4.69, 9.17) is 9.47 Å². The predicted octanol–water partition coefficient (Wildman–Crippen LogP) is 2.05. The maximum absolute atomic E-state index is 12.0. The minimum atomic E-state index is -0.535. The summed E-state index contributed by atoms with van der Waals surface area (Å²) in [5.41, 5.74) is -0.515. The summed E-state index contributed by atoms with van der Waals surface area (Å²) in [7, 11) is 0. The zero-order chi connectivity index (χ0) is 18.9. The topological polar surface area (TPSA) is 112 Å². The second-order valence-electron chi connectivity index (χ2n) is 7.55. The molecule has 0 N–H and O–H groups in total. The number of imidazole rings is 1. The third-order valence-electron chi connectivity index (χ3n) is 4.21. The van der Waals surface area contributed by atoms with Crippen molar-refractivity contribution in [3.8, 4) is 6.01 Å². The molecule has 1 amide bonds. The number of nitro groups is 1. The molecule has 3 rings (SSSR count). The van der Waals surface area contributed by atoms with E-state index < -0.39 is 10.5 Å². The number of carbonyl (C=O) groups excluding carboxylic acids is 1. The molecule has 0 spiro atoms. The third-order valence-corrected chi connectivity index (χ3v) is 4.21. The van der Waals surface area contributed by atoms with Crippen LogP contribution in [0.4, 0.5) is 10.6 Å². The standard InChI is InChI=1S/C16H23N5O5/c1-16(2,3)26-15(22)19-8-11(9-19)6-12-7-17-4-5-25-14-18-13(21(23)24)10-20(12)14/h4,10-12H,5-9H2,1-3H3. The molecule has 2 aliphatic rings. The van der Waals surface area contributed by atoms with E-state index in [2.05, 4.69) is 9.98 Å². The summed E-state index contributed by atoms with van der Waals surface area (Å²) < 4.78 is 12.5. The first kappa shape index (κ1) is 18.2. The molecule has 2 aliphatic heterocycles. The SMILES string of the molecule is CC(C)(C)OC(=O)N1CC(CC2CN=CCOc3nc([N+](=O)[O-])cn32)C1. The fourth-order valence-corrected chi connectivity index (χ4v) is 3.04. The van der Waals surface area contributed by atoms with Gasteiger partial charge in [-0.2, -0.15) is 0 Å². The highest BCUT2D eigenvalue weighted by atomic mass is 16.6. The van der Waals surface area contributed by atoms with Crippen LogP contribution >= 0.6 is 0 Å². The number of ether oxygens (including phenoxy) is 2. The molecule has 0 saturated carbocycles. The van der Waals surface area contributed by atoms with Crippen LogP contribution in [-0.2, 0) is 4.74 Å². The van der Waals surface area contributed by atoms with Gasteiger partial charge in [0.2, 0.25) is 0 Å². The van der Waals surface area contributed by atoms with Crippen LogP contribution in [0.15, 0.2) is 11.2 Å². The zero-order valence-corrected chi connectivity index (χ0v) is 15.1. The van der Waals surface area contributed by atoms with E-state index in [-0.39, 0.29) is 36.5 Å². The van der Waals surface area contributed by atoms with Gasteiger partial charge in [0.1, 0.15) is 18.4 Å². The number of hydrogen-bond acceptors (Lipinski definition) is 7. The Balaban J connectivity index is 1.63. The van der Waals surface area contributed by atoms with Gasteiger partial charge in [-0.3, -0.25) is 9.56 Å². The van der Waals surface area contributed by atoms with Crippen LogP contribution in [0.1, 0.15) is 33.2 Å². The maximum Gasteiger partial charge on any atom is 0.414 e. The molecular formula is C16H23N5O5. The molecule has 0 bridgehead atoms. The number of carbonyl (C=O) groups is 1. The number of nitrogens with zero attached hydrogens (tertiary/aromatic N) is 5. The monoisotopic (exact) mass is 365 g/mol. The summed E-state index contributed by atoms with van der Waals surface area (Å²) in [6.07, 6.45) is 3.45. The van der Waals surface area contributed by atoms with Crippen LogP contribution in [0.5, 0.6) is 6.01 Å². The number of amides is 1. The molecule has 0 aromatic carbocycles. The molecule has 1 aromatic heterocycles. The lowest BCUT2D eigenvalue weighted by molar-refractivity contribution is -0.389. The molecule has 10 heteroatoms. The average Bonchev–Trinajstić information content (AvgIpc) is 2.86. The van der Waals surface area contributed by atoms with Crippen LogP contribution < -0.4 is 4.74 Å². The van der Waals surface area contributed by atoms with Crippen molar-refractivity contribution >= 4 is 18.1 Å². The van der Waals surface area contributed by atoms with Crippen molar-refractivity contribution in [1.82, 2.24) is 14.5 Å². The predicted molar refractivity (Wildman–Crippen MR) is 92.7 cm³/mol. The van der Waals surface area contributed by atoms with E-state index in [0.29, 0.717) is 19.6 Å². The van der Waals surface area contributed by atoms with Crippen LogP contribution in [0, 0.1) is 16.0 Å². The maximum atomic E-state index is 12.0.